The Hall–Kier alpha value is -1.34. The lowest BCUT2D eigenvalue weighted by molar-refractivity contribution is -0.138. The third-order valence-corrected chi connectivity index (χ3v) is 2.93. The van der Waals surface area contributed by atoms with E-state index in [0.717, 1.165) is 4.47 Å². The van der Waals surface area contributed by atoms with Crippen molar-refractivity contribution in [2.45, 2.75) is 19.3 Å². The molecule has 1 unspecified atom stereocenters. The first-order chi connectivity index (χ1) is 7.10. The minimum absolute atomic E-state index is 0.480. The lowest BCUT2D eigenvalue weighted by Gasteiger charge is -2.12. The average Bonchev–Trinajstić information content (AvgIpc) is 2.21. The van der Waals surface area contributed by atoms with Crippen molar-refractivity contribution < 1.29 is 9.90 Å². The molecule has 0 aromatic heterocycles. The Morgan fingerprint density at radius 2 is 2.33 bits per heavy atom. The number of nitriles is 1. The van der Waals surface area contributed by atoms with Crippen molar-refractivity contribution in [1.82, 2.24) is 0 Å². The zero-order valence-electron chi connectivity index (χ0n) is 8.20. The normalized spacial score (nSPS) is 11.8. The van der Waals surface area contributed by atoms with E-state index < -0.39 is 11.9 Å². The molecular formula is C11H10BrNO2. The second-order valence-corrected chi connectivity index (χ2v) is 4.00. The molecule has 1 rings (SSSR count). The van der Waals surface area contributed by atoms with Gasteiger partial charge in [-0.3, -0.25) is 4.79 Å². The number of carboxylic acid groups (broad SMARTS) is 1. The number of rotatable bonds is 3. The van der Waals surface area contributed by atoms with Crippen molar-refractivity contribution >= 4 is 21.9 Å². The van der Waals surface area contributed by atoms with E-state index in [-0.39, 0.29) is 0 Å². The molecule has 0 spiro atoms. The zero-order chi connectivity index (χ0) is 11.4. The first kappa shape index (κ1) is 11.7. The van der Waals surface area contributed by atoms with Gasteiger partial charge in [0.1, 0.15) is 0 Å². The highest BCUT2D eigenvalue weighted by Crippen LogP contribution is 2.28. The van der Waals surface area contributed by atoms with Gasteiger partial charge in [0.2, 0.25) is 0 Å². The van der Waals surface area contributed by atoms with Gasteiger partial charge in [0.05, 0.1) is 17.6 Å². The van der Waals surface area contributed by atoms with Crippen LogP contribution in [0.3, 0.4) is 0 Å². The van der Waals surface area contributed by atoms with E-state index in [9.17, 15) is 4.79 Å². The maximum atomic E-state index is 11.0. The van der Waals surface area contributed by atoms with Crippen LogP contribution in [-0.4, -0.2) is 11.1 Å². The van der Waals surface area contributed by atoms with E-state index in [2.05, 4.69) is 15.9 Å². The molecule has 0 aliphatic heterocycles. The van der Waals surface area contributed by atoms with Gasteiger partial charge in [0.25, 0.3) is 0 Å². The summed E-state index contributed by atoms with van der Waals surface area (Å²) < 4.78 is 0.732. The third kappa shape index (κ3) is 2.57. The molecule has 3 nitrogen and oxygen atoms in total. The number of aliphatic carboxylic acids is 1. The minimum Gasteiger partial charge on any atom is -0.481 e. The predicted octanol–water partition coefficient (Wildman–Crippen LogP) is 2.90. The standard InChI is InChI=1S/C11H10BrNO2/c1-2-8(11(14)15)9-5-7(6-13)3-4-10(9)12/h3-5,8H,2H2,1H3,(H,14,15). The van der Waals surface area contributed by atoms with Crippen molar-refractivity contribution in [3.8, 4) is 6.07 Å². The fraction of sp³-hybridized carbons (Fsp3) is 0.273. The number of carbonyl (C=O) groups is 1. The maximum absolute atomic E-state index is 11.0. The topological polar surface area (TPSA) is 61.1 Å². The third-order valence-electron chi connectivity index (χ3n) is 2.21. The molecule has 15 heavy (non-hydrogen) atoms. The van der Waals surface area contributed by atoms with Crippen LogP contribution in [0.25, 0.3) is 0 Å². The fourth-order valence-electron chi connectivity index (χ4n) is 1.41. The van der Waals surface area contributed by atoms with Gasteiger partial charge in [-0.05, 0) is 30.2 Å². The second kappa shape index (κ2) is 4.94. The number of nitrogens with zero attached hydrogens (tertiary/aromatic N) is 1. The Labute approximate surface area is 96.5 Å². The largest absolute Gasteiger partial charge is 0.481 e. The molecule has 0 amide bonds. The van der Waals surface area contributed by atoms with Gasteiger partial charge >= 0.3 is 5.97 Å². The molecule has 0 heterocycles. The first-order valence-corrected chi connectivity index (χ1v) is 5.31. The summed E-state index contributed by atoms with van der Waals surface area (Å²) in [5.41, 5.74) is 1.14. The van der Waals surface area contributed by atoms with Crippen LogP contribution in [0.2, 0.25) is 0 Å². The average molecular weight is 268 g/mol. The Morgan fingerprint density at radius 1 is 1.67 bits per heavy atom. The lowest BCUT2D eigenvalue weighted by atomic mass is 9.95. The Bertz CT molecular complexity index is 423. The van der Waals surface area contributed by atoms with E-state index in [1.165, 1.54) is 0 Å². The highest BCUT2D eigenvalue weighted by Gasteiger charge is 2.20. The number of halogens is 1. The van der Waals surface area contributed by atoms with Gasteiger partial charge in [0, 0.05) is 4.47 Å². The van der Waals surface area contributed by atoms with Crippen LogP contribution in [0.15, 0.2) is 22.7 Å². The summed E-state index contributed by atoms with van der Waals surface area (Å²) in [6, 6.07) is 6.98. The van der Waals surface area contributed by atoms with Gasteiger partial charge in [-0.1, -0.05) is 22.9 Å². The Kier molecular flexibility index (Phi) is 3.87. The van der Waals surface area contributed by atoms with Crippen molar-refractivity contribution in [3.63, 3.8) is 0 Å². The Balaban J connectivity index is 3.22. The summed E-state index contributed by atoms with van der Waals surface area (Å²) >= 11 is 3.30. The Morgan fingerprint density at radius 3 is 2.80 bits per heavy atom. The molecule has 0 saturated heterocycles. The molecule has 0 aliphatic rings. The molecule has 0 aliphatic carbocycles. The quantitative estimate of drug-likeness (QED) is 0.916. The van der Waals surface area contributed by atoms with Crippen LogP contribution in [0.5, 0.6) is 0 Å². The number of carboxylic acids is 1. The summed E-state index contributed by atoms with van der Waals surface area (Å²) in [5, 5.41) is 17.7. The molecule has 4 heteroatoms. The van der Waals surface area contributed by atoms with Gasteiger partial charge < -0.3 is 5.11 Å². The second-order valence-electron chi connectivity index (χ2n) is 3.15. The van der Waals surface area contributed by atoms with E-state index >= 15 is 0 Å². The number of hydrogen-bond donors (Lipinski definition) is 1. The zero-order valence-corrected chi connectivity index (χ0v) is 9.78. The van der Waals surface area contributed by atoms with Crippen LogP contribution in [-0.2, 0) is 4.79 Å². The number of benzene rings is 1. The van der Waals surface area contributed by atoms with E-state index in [4.69, 9.17) is 10.4 Å². The summed E-state index contributed by atoms with van der Waals surface area (Å²) in [6.45, 7) is 1.81. The minimum atomic E-state index is -0.867. The van der Waals surface area contributed by atoms with Crippen LogP contribution < -0.4 is 0 Å². The monoisotopic (exact) mass is 267 g/mol. The van der Waals surface area contributed by atoms with E-state index in [0.29, 0.717) is 17.5 Å². The molecule has 1 N–H and O–H groups in total. The van der Waals surface area contributed by atoms with Gasteiger partial charge in [-0.25, -0.2) is 0 Å². The summed E-state index contributed by atoms with van der Waals surface area (Å²) in [5.74, 6) is -1.43. The lowest BCUT2D eigenvalue weighted by Crippen LogP contribution is -2.11. The van der Waals surface area contributed by atoms with Crippen molar-refractivity contribution in [1.29, 1.82) is 5.26 Å². The summed E-state index contributed by atoms with van der Waals surface area (Å²) in [7, 11) is 0. The van der Waals surface area contributed by atoms with E-state index in [1.807, 2.05) is 13.0 Å². The maximum Gasteiger partial charge on any atom is 0.311 e. The van der Waals surface area contributed by atoms with Crippen molar-refractivity contribution in [3.05, 3.63) is 33.8 Å². The molecule has 78 valence electrons. The van der Waals surface area contributed by atoms with Crippen molar-refractivity contribution in [2.24, 2.45) is 0 Å². The molecule has 0 bridgehead atoms. The smallest absolute Gasteiger partial charge is 0.311 e. The van der Waals surface area contributed by atoms with Crippen LogP contribution >= 0.6 is 15.9 Å². The predicted molar refractivity (Wildman–Crippen MR) is 59.5 cm³/mol. The molecule has 1 aromatic rings. The molecule has 0 fully saturated rings. The van der Waals surface area contributed by atoms with Gasteiger partial charge in [-0.15, -0.1) is 0 Å². The van der Waals surface area contributed by atoms with Gasteiger partial charge in [-0.2, -0.15) is 5.26 Å². The van der Waals surface area contributed by atoms with Crippen molar-refractivity contribution in [2.75, 3.05) is 0 Å². The van der Waals surface area contributed by atoms with Crippen LogP contribution in [0.4, 0.5) is 0 Å². The molecule has 1 aromatic carbocycles. The van der Waals surface area contributed by atoms with Crippen LogP contribution in [0.1, 0.15) is 30.4 Å². The fourth-order valence-corrected chi connectivity index (χ4v) is 1.93. The number of hydrogen-bond acceptors (Lipinski definition) is 2. The molecular weight excluding hydrogens is 258 g/mol. The molecule has 1 atom stereocenters. The molecule has 0 radical (unpaired) electrons. The summed E-state index contributed by atoms with van der Waals surface area (Å²) in [4.78, 5) is 11.0. The van der Waals surface area contributed by atoms with Gasteiger partial charge in [0.15, 0.2) is 0 Å². The van der Waals surface area contributed by atoms with Crippen LogP contribution in [0, 0.1) is 11.3 Å². The highest BCUT2D eigenvalue weighted by molar-refractivity contribution is 9.10. The summed E-state index contributed by atoms with van der Waals surface area (Å²) in [6.07, 6.45) is 0.503. The van der Waals surface area contributed by atoms with E-state index in [1.54, 1.807) is 18.2 Å². The SMILES string of the molecule is CCC(C(=O)O)c1cc(C#N)ccc1Br. The highest BCUT2D eigenvalue weighted by atomic mass is 79.9. The molecule has 0 saturated carbocycles. The first-order valence-electron chi connectivity index (χ1n) is 4.52.